The van der Waals surface area contributed by atoms with Crippen LogP contribution in [0.2, 0.25) is 0 Å². The molecule has 1 heterocycles. The van der Waals surface area contributed by atoms with Gasteiger partial charge in [-0.1, -0.05) is 48.5 Å². The fourth-order valence-electron chi connectivity index (χ4n) is 2.68. The van der Waals surface area contributed by atoms with E-state index in [0.717, 1.165) is 16.3 Å². The van der Waals surface area contributed by atoms with Crippen LogP contribution in [0.5, 0.6) is 5.75 Å². The summed E-state index contributed by atoms with van der Waals surface area (Å²) < 4.78 is 6.46. The lowest BCUT2D eigenvalue weighted by Gasteiger charge is -2.08. The van der Waals surface area contributed by atoms with E-state index in [9.17, 15) is 0 Å². The van der Waals surface area contributed by atoms with Gasteiger partial charge < -0.3 is 4.74 Å². The second-order valence-electron chi connectivity index (χ2n) is 5.26. The summed E-state index contributed by atoms with van der Waals surface area (Å²) in [7, 11) is 1.68. The molecule has 0 saturated heterocycles. The number of benzene rings is 3. The van der Waals surface area contributed by atoms with Crippen LogP contribution in [0.15, 0.2) is 72.8 Å². The molecule has 0 atom stereocenters. The zero-order chi connectivity index (χ0) is 15.6. The third-order valence-electron chi connectivity index (χ3n) is 3.85. The minimum atomic E-state index is 0.867. The summed E-state index contributed by atoms with van der Waals surface area (Å²) in [6.45, 7) is 0. The van der Waals surface area contributed by atoms with Crippen molar-refractivity contribution in [3.05, 3.63) is 72.8 Å². The first-order chi connectivity index (χ1) is 11.3. The monoisotopic (exact) mass is 317 g/mol. The van der Waals surface area contributed by atoms with Crippen molar-refractivity contribution in [3.8, 4) is 27.4 Å². The lowest BCUT2D eigenvalue weighted by atomic mass is 10.00. The lowest BCUT2D eigenvalue weighted by Crippen LogP contribution is -1.86. The minimum absolute atomic E-state index is 0.867. The first-order valence-electron chi connectivity index (χ1n) is 7.44. The van der Waals surface area contributed by atoms with Crippen LogP contribution in [-0.4, -0.2) is 12.1 Å². The van der Waals surface area contributed by atoms with Crippen molar-refractivity contribution in [1.29, 1.82) is 0 Å². The second kappa shape index (κ2) is 5.86. The molecule has 0 aliphatic carbocycles. The number of hydrogen-bond donors (Lipinski definition) is 0. The van der Waals surface area contributed by atoms with Crippen LogP contribution < -0.4 is 4.74 Å². The zero-order valence-corrected chi connectivity index (χ0v) is 13.5. The number of para-hydroxylation sites is 1. The van der Waals surface area contributed by atoms with Crippen LogP contribution in [0.4, 0.5) is 0 Å². The van der Waals surface area contributed by atoms with Gasteiger partial charge >= 0.3 is 0 Å². The molecule has 0 aliphatic rings. The summed E-state index contributed by atoms with van der Waals surface area (Å²) in [5, 5.41) is 1.05. The molecular weight excluding hydrogens is 302 g/mol. The van der Waals surface area contributed by atoms with Crippen molar-refractivity contribution < 1.29 is 4.74 Å². The summed E-state index contributed by atoms with van der Waals surface area (Å²) in [4.78, 5) is 4.80. The maximum Gasteiger partial charge on any atom is 0.125 e. The average molecular weight is 317 g/mol. The van der Waals surface area contributed by atoms with Gasteiger partial charge in [0.15, 0.2) is 0 Å². The Hall–Kier alpha value is -2.65. The molecule has 0 fully saturated rings. The first-order valence-corrected chi connectivity index (χ1v) is 8.26. The number of fused-ring (bicyclic) bond motifs is 1. The van der Waals surface area contributed by atoms with E-state index in [1.165, 1.54) is 21.4 Å². The molecule has 0 bridgehead atoms. The highest BCUT2D eigenvalue weighted by Gasteiger charge is 2.11. The van der Waals surface area contributed by atoms with E-state index in [1.54, 1.807) is 18.4 Å². The van der Waals surface area contributed by atoms with Crippen LogP contribution in [0.1, 0.15) is 0 Å². The van der Waals surface area contributed by atoms with E-state index in [0.29, 0.717) is 0 Å². The summed E-state index contributed by atoms with van der Waals surface area (Å²) in [5.74, 6) is 0.867. The molecule has 4 aromatic rings. The molecule has 4 rings (SSSR count). The van der Waals surface area contributed by atoms with Gasteiger partial charge in [0.25, 0.3) is 0 Å². The van der Waals surface area contributed by atoms with Crippen molar-refractivity contribution in [2.75, 3.05) is 7.11 Å². The number of rotatable bonds is 3. The molecule has 2 nitrogen and oxygen atoms in total. The zero-order valence-electron chi connectivity index (χ0n) is 12.7. The summed E-state index contributed by atoms with van der Waals surface area (Å²) in [6, 6.07) is 24.8. The molecule has 0 amide bonds. The fourth-order valence-corrected chi connectivity index (χ4v) is 3.68. The molecule has 0 saturated carbocycles. The van der Waals surface area contributed by atoms with E-state index >= 15 is 0 Å². The van der Waals surface area contributed by atoms with Gasteiger partial charge in [0, 0.05) is 5.56 Å². The van der Waals surface area contributed by atoms with Gasteiger partial charge in [0.1, 0.15) is 10.8 Å². The summed E-state index contributed by atoms with van der Waals surface area (Å²) >= 11 is 1.73. The molecular formula is C20H15NOS. The van der Waals surface area contributed by atoms with E-state index in [-0.39, 0.29) is 0 Å². The number of thiazole rings is 1. The van der Waals surface area contributed by atoms with E-state index in [2.05, 4.69) is 54.6 Å². The lowest BCUT2D eigenvalue weighted by molar-refractivity contribution is 0.415. The van der Waals surface area contributed by atoms with Crippen LogP contribution in [0, 0.1) is 0 Å². The standard InChI is InChI=1S/C20H15NOS/c1-22-15-12-10-14(11-13-15)16-6-2-3-7-17(16)20-21-18-8-4-5-9-19(18)23-20/h2-13H,1H3. The molecule has 3 aromatic carbocycles. The Labute approximate surface area is 139 Å². The Morgan fingerprint density at radius 3 is 2.22 bits per heavy atom. The topological polar surface area (TPSA) is 22.1 Å². The van der Waals surface area contributed by atoms with Crippen LogP contribution >= 0.6 is 11.3 Å². The van der Waals surface area contributed by atoms with Crippen LogP contribution in [-0.2, 0) is 0 Å². The van der Waals surface area contributed by atoms with Gasteiger partial charge in [-0.25, -0.2) is 4.98 Å². The molecule has 112 valence electrons. The Morgan fingerprint density at radius 1 is 0.783 bits per heavy atom. The van der Waals surface area contributed by atoms with Gasteiger partial charge in [-0.3, -0.25) is 0 Å². The number of nitrogens with zero attached hydrogens (tertiary/aromatic N) is 1. The number of aromatic nitrogens is 1. The van der Waals surface area contributed by atoms with Crippen LogP contribution in [0.25, 0.3) is 31.9 Å². The third-order valence-corrected chi connectivity index (χ3v) is 4.92. The molecule has 23 heavy (non-hydrogen) atoms. The Bertz CT molecular complexity index is 924. The van der Waals surface area contributed by atoms with Crippen LogP contribution in [0.3, 0.4) is 0 Å². The van der Waals surface area contributed by atoms with Crippen molar-refractivity contribution in [3.63, 3.8) is 0 Å². The van der Waals surface area contributed by atoms with Gasteiger partial charge in [-0.2, -0.15) is 0 Å². The molecule has 0 aliphatic heterocycles. The largest absolute Gasteiger partial charge is 0.497 e. The van der Waals surface area contributed by atoms with Crippen molar-refractivity contribution >= 4 is 21.6 Å². The van der Waals surface area contributed by atoms with E-state index in [4.69, 9.17) is 9.72 Å². The maximum atomic E-state index is 5.25. The second-order valence-corrected chi connectivity index (χ2v) is 6.29. The van der Waals surface area contributed by atoms with Crippen molar-refractivity contribution in [2.45, 2.75) is 0 Å². The number of hydrogen-bond acceptors (Lipinski definition) is 3. The van der Waals surface area contributed by atoms with Gasteiger partial charge in [0.2, 0.25) is 0 Å². The highest BCUT2D eigenvalue weighted by atomic mass is 32.1. The van der Waals surface area contributed by atoms with Crippen molar-refractivity contribution in [1.82, 2.24) is 4.98 Å². The highest BCUT2D eigenvalue weighted by molar-refractivity contribution is 7.21. The molecule has 0 N–H and O–H groups in total. The summed E-state index contributed by atoms with van der Waals surface area (Å²) in [5.41, 5.74) is 4.57. The molecule has 0 spiro atoms. The van der Waals surface area contributed by atoms with E-state index in [1.807, 2.05) is 18.2 Å². The SMILES string of the molecule is COc1ccc(-c2ccccc2-c2nc3ccccc3s2)cc1. The first kappa shape index (κ1) is 14.0. The number of methoxy groups -OCH3 is 1. The minimum Gasteiger partial charge on any atom is -0.497 e. The van der Waals surface area contributed by atoms with Gasteiger partial charge in [-0.05, 0) is 35.4 Å². The third kappa shape index (κ3) is 2.60. The predicted octanol–water partition coefficient (Wildman–Crippen LogP) is 5.64. The molecule has 3 heteroatoms. The average Bonchev–Trinajstić information content (AvgIpc) is 3.06. The Morgan fingerprint density at radius 2 is 1.48 bits per heavy atom. The normalized spacial score (nSPS) is 10.8. The highest BCUT2D eigenvalue weighted by Crippen LogP contribution is 2.36. The predicted molar refractivity (Wildman–Crippen MR) is 97.0 cm³/mol. The molecule has 0 radical (unpaired) electrons. The molecule has 1 aromatic heterocycles. The maximum absolute atomic E-state index is 5.25. The van der Waals surface area contributed by atoms with Gasteiger partial charge in [-0.15, -0.1) is 11.3 Å². The Balaban J connectivity index is 1.85. The van der Waals surface area contributed by atoms with Crippen molar-refractivity contribution in [2.24, 2.45) is 0 Å². The summed E-state index contributed by atoms with van der Waals surface area (Å²) in [6.07, 6.45) is 0. The number of ether oxygens (including phenoxy) is 1. The smallest absolute Gasteiger partial charge is 0.125 e. The van der Waals surface area contributed by atoms with Gasteiger partial charge in [0.05, 0.1) is 17.3 Å². The molecule has 0 unspecified atom stereocenters. The fraction of sp³-hybridized carbons (Fsp3) is 0.0500. The quantitative estimate of drug-likeness (QED) is 0.488. The van der Waals surface area contributed by atoms with E-state index < -0.39 is 0 Å². The Kier molecular flexibility index (Phi) is 3.56.